The van der Waals surface area contributed by atoms with Gasteiger partial charge in [-0.25, -0.2) is 4.79 Å². The average Bonchev–Trinajstić information content (AvgIpc) is 2.71. The van der Waals surface area contributed by atoms with Crippen molar-refractivity contribution >= 4 is 5.97 Å². The molecular formula is C17H23NO3. The number of benzene rings is 1. The van der Waals surface area contributed by atoms with Crippen molar-refractivity contribution in [3.05, 3.63) is 30.3 Å². The van der Waals surface area contributed by atoms with Crippen LogP contribution in [0.1, 0.15) is 32.6 Å². The second-order valence-electron chi connectivity index (χ2n) is 6.15. The number of piperidine rings is 1. The van der Waals surface area contributed by atoms with Crippen LogP contribution < -0.4 is 4.74 Å². The van der Waals surface area contributed by atoms with E-state index in [4.69, 9.17) is 9.47 Å². The normalized spacial score (nSPS) is 29.9. The number of carbonyl (C=O) groups is 1. The second kappa shape index (κ2) is 6.06. The molecule has 0 spiro atoms. The van der Waals surface area contributed by atoms with Crippen molar-refractivity contribution in [2.45, 2.75) is 56.9 Å². The van der Waals surface area contributed by atoms with E-state index < -0.39 is 6.10 Å². The second-order valence-corrected chi connectivity index (χ2v) is 6.15. The predicted molar refractivity (Wildman–Crippen MR) is 80.2 cm³/mol. The summed E-state index contributed by atoms with van der Waals surface area (Å²) in [5.41, 5.74) is 0. The number of rotatable bonds is 4. The summed E-state index contributed by atoms with van der Waals surface area (Å²) in [5, 5.41) is 0. The molecule has 2 heterocycles. The van der Waals surface area contributed by atoms with Gasteiger partial charge in [0.05, 0.1) is 0 Å². The molecule has 0 N–H and O–H groups in total. The number of fused-ring (bicyclic) bond motifs is 2. The van der Waals surface area contributed by atoms with Gasteiger partial charge >= 0.3 is 5.97 Å². The molecule has 2 fully saturated rings. The summed E-state index contributed by atoms with van der Waals surface area (Å²) < 4.78 is 11.3. The summed E-state index contributed by atoms with van der Waals surface area (Å²) in [6.45, 7) is 1.75. The van der Waals surface area contributed by atoms with Crippen LogP contribution in [0.25, 0.3) is 0 Å². The van der Waals surface area contributed by atoms with Gasteiger partial charge in [0.15, 0.2) is 6.10 Å². The summed E-state index contributed by atoms with van der Waals surface area (Å²) in [7, 11) is 2.18. The first-order valence-electron chi connectivity index (χ1n) is 7.77. The lowest BCUT2D eigenvalue weighted by Crippen LogP contribution is -2.44. The van der Waals surface area contributed by atoms with Crippen LogP contribution in [0.15, 0.2) is 30.3 Å². The number of nitrogens with zero attached hydrogens (tertiary/aromatic N) is 1. The van der Waals surface area contributed by atoms with Crippen LogP contribution in [0.5, 0.6) is 5.75 Å². The highest BCUT2D eigenvalue weighted by Crippen LogP contribution is 2.35. The molecule has 4 atom stereocenters. The zero-order valence-electron chi connectivity index (χ0n) is 12.7. The molecule has 2 unspecified atom stereocenters. The summed E-state index contributed by atoms with van der Waals surface area (Å²) in [6.07, 6.45) is 3.85. The molecule has 3 rings (SSSR count). The van der Waals surface area contributed by atoms with Crippen LogP contribution in [0.2, 0.25) is 0 Å². The van der Waals surface area contributed by atoms with Crippen LogP contribution in [-0.4, -0.2) is 42.2 Å². The Balaban J connectivity index is 1.52. The summed E-state index contributed by atoms with van der Waals surface area (Å²) >= 11 is 0. The Morgan fingerprint density at radius 2 is 1.81 bits per heavy atom. The maximum atomic E-state index is 12.2. The first kappa shape index (κ1) is 14.4. The largest absolute Gasteiger partial charge is 0.479 e. The fourth-order valence-electron chi connectivity index (χ4n) is 3.47. The minimum absolute atomic E-state index is 0.0491. The van der Waals surface area contributed by atoms with Gasteiger partial charge in [0, 0.05) is 12.1 Å². The standard InChI is InChI=1S/C17H23NO3/c1-12(20-15-6-4-3-5-7-15)17(19)21-16-10-13-8-9-14(11-16)18(13)2/h3-7,12-14,16H,8-11H2,1-2H3/t12?,13-,14+,16?. The van der Waals surface area contributed by atoms with E-state index in [-0.39, 0.29) is 12.1 Å². The Kier molecular flexibility index (Phi) is 4.15. The van der Waals surface area contributed by atoms with Gasteiger partial charge in [-0.1, -0.05) is 18.2 Å². The molecule has 0 aromatic heterocycles. The fourth-order valence-corrected chi connectivity index (χ4v) is 3.47. The van der Waals surface area contributed by atoms with Crippen molar-refractivity contribution in [3.8, 4) is 5.75 Å². The Morgan fingerprint density at radius 1 is 1.19 bits per heavy atom. The smallest absolute Gasteiger partial charge is 0.347 e. The van der Waals surface area contributed by atoms with E-state index in [9.17, 15) is 4.79 Å². The van der Waals surface area contributed by atoms with E-state index in [1.807, 2.05) is 30.3 Å². The highest BCUT2D eigenvalue weighted by Gasteiger charge is 2.40. The van der Waals surface area contributed by atoms with Gasteiger partial charge in [-0.2, -0.15) is 0 Å². The molecule has 2 saturated heterocycles. The van der Waals surface area contributed by atoms with Crippen molar-refractivity contribution in [2.75, 3.05) is 7.05 Å². The maximum Gasteiger partial charge on any atom is 0.347 e. The molecule has 1 aromatic carbocycles. The van der Waals surface area contributed by atoms with Gasteiger partial charge in [0.25, 0.3) is 0 Å². The van der Waals surface area contributed by atoms with E-state index in [2.05, 4.69) is 11.9 Å². The first-order valence-corrected chi connectivity index (χ1v) is 7.77. The van der Waals surface area contributed by atoms with E-state index in [1.165, 1.54) is 12.8 Å². The van der Waals surface area contributed by atoms with Gasteiger partial charge in [0.2, 0.25) is 0 Å². The molecule has 4 nitrogen and oxygen atoms in total. The third-order valence-electron chi connectivity index (χ3n) is 4.73. The lowest BCUT2D eigenvalue weighted by Gasteiger charge is -2.36. The lowest BCUT2D eigenvalue weighted by molar-refractivity contribution is -0.159. The summed E-state index contributed by atoms with van der Waals surface area (Å²) in [5.74, 6) is 0.443. The zero-order valence-corrected chi connectivity index (χ0v) is 12.7. The number of hydrogen-bond acceptors (Lipinski definition) is 4. The zero-order chi connectivity index (χ0) is 14.8. The lowest BCUT2D eigenvalue weighted by atomic mass is 10.0. The monoisotopic (exact) mass is 289 g/mol. The van der Waals surface area contributed by atoms with Crippen LogP contribution in [0, 0.1) is 0 Å². The van der Waals surface area contributed by atoms with E-state index in [0.717, 1.165) is 12.8 Å². The van der Waals surface area contributed by atoms with E-state index in [1.54, 1.807) is 6.92 Å². The van der Waals surface area contributed by atoms with Crippen LogP contribution >= 0.6 is 0 Å². The van der Waals surface area contributed by atoms with E-state index in [0.29, 0.717) is 17.8 Å². The third-order valence-corrected chi connectivity index (χ3v) is 4.73. The SMILES string of the molecule is CC(Oc1ccccc1)C(=O)OC1C[C@H]2CC[C@@H](C1)N2C. The molecular weight excluding hydrogens is 266 g/mol. The maximum absolute atomic E-state index is 12.2. The Morgan fingerprint density at radius 3 is 2.43 bits per heavy atom. The highest BCUT2D eigenvalue weighted by atomic mass is 16.6. The quantitative estimate of drug-likeness (QED) is 0.799. The van der Waals surface area contributed by atoms with Crippen molar-refractivity contribution in [1.82, 2.24) is 4.90 Å². The van der Waals surface area contributed by atoms with Crippen LogP contribution in [-0.2, 0) is 9.53 Å². The van der Waals surface area contributed by atoms with Crippen molar-refractivity contribution in [2.24, 2.45) is 0 Å². The number of para-hydroxylation sites is 1. The molecule has 2 aliphatic rings. The highest BCUT2D eigenvalue weighted by molar-refractivity contribution is 5.74. The molecule has 0 saturated carbocycles. The summed E-state index contributed by atoms with van der Waals surface area (Å²) in [4.78, 5) is 14.6. The number of ether oxygens (including phenoxy) is 2. The molecule has 0 radical (unpaired) electrons. The van der Waals surface area contributed by atoms with Crippen LogP contribution in [0.3, 0.4) is 0 Å². The molecule has 114 valence electrons. The Bertz CT molecular complexity index is 476. The molecule has 0 amide bonds. The van der Waals surface area contributed by atoms with E-state index >= 15 is 0 Å². The fraction of sp³-hybridized carbons (Fsp3) is 0.588. The average molecular weight is 289 g/mol. The van der Waals surface area contributed by atoms with Gasteiger partial charge < -0.3 is 14.4 Å². The Labute approximate surface area is 126 Å². The van der Waals surface area contributed by atoms with Crippen LogP contribution in [0.4, 0.5) is 0 Å². The molecule has 1 aromatic rings. The third kappa shape index (κ3) is 3.21. The first-order chi connectivity index (χ1) is 10.1. The number of hydrogen-bond donors (Lipinski definition) is 0. The van der Waals surface area contributed by atoms with Crippen molar-refractivity contribution in [3.63, 3.8) is 0 Å². The minimum Gasteiger partial charge on any atom is -0.479 e. The molecule has 21 heavy (non-hydrogen) atoms. The van der Waals surface area contributed by atoms with Gasteiger partial charge in [-0.05, 0) is 51.8 Å². The predicted octanol–water partition coefficient (Wildman–Crippen LogP) is 2.62. The molecule has 2 aliphatic heterocycles. The molecule has 4 heteroatoms. The minimum atomic E-state index is -0.565. The molecule has 0 aliphatic carbocycles. The van der Waals surface area contributed by atoms with Crippen molar-refractivity contribution < 1.29 is 14.3 Å². The van der Waals surface area contributed by atoms with Gasteiger partial charge in [-0.15, -0.1) is 0 Å². The molecule has 2 bridgehead atoms. The topological polar surface area (TPSA) is 38.8 Å². The van der Waals surface area contributed by atoms with Gasteiger partial charge in [-0.3, -0.25) is 0 Å². The summed E-state index contributed by atoms with van der Waals surface area (Å²) in [6, 6.07) is 10.5. The van der Waals surface area contributed by atoms with Gasteiger partial charge in [0.1, 0.15) is 11.9 Å². The Hall–Kier alpha value is -1.55. The number of esters is 1. The number of carbonyl (C=O) groups excluding carboxylic acids is 1. The van der Waals surface area contributed by atoms with Crippen molar-refractivity contribution in [1.29, 1.82) is 0 Å².